The van der Waals surface area contributed by atoms with Gasteiger partial charge in [0, 0.05) is 5.69 Å². The number of aryl methyl sites for hydroxylation is 3. The van der Waals surface area contributed by atoms with E-state index in [0.29, 0.717) is 11.3 Å². The first kappa shape index (κ1) is 20.5. The molecule has 0 unspecified atom stereocenters. The molecule has 0 spiro atoms. The van der Waals surface area contributed by atoms with E-state index >= 15 is 0 Å². The van der Waals surface area contributed by atoms with Gasteiger partial charge in [-0.25, -0.2) is 0 Å². The zero-order chi connectivity index (χ0) is 21.3. The minimum absolute atomic E-state index is 0.135. The Balaban J connectivity index is 1.74. The van der Waals surface area contributed by atoms with Gasteiger partial charge in [0.25, 0.3) is 11.1 Å². The molecule has 3 amide bonds. The summed E-state index contributed by atoms with van der Waals surface area (Å²) in [5.74, 6) is -1.67. The lowest BCUT2D eigenvalue weighted by Crippen LogP contribution is -2.36. The third kappa shape index (κ3) is 4.43. The van der Waals surface area contributed by atoms with Gasteiger partial charge in [-0.15, -0.1) is 0 Å². The van der Waals surface area contributed by atoms with E-state index in [9.17, 15) is 24.6 Å². The number of benzene rings is 2. The van der Waals surface area contributed by atoms with Gasteiger partial charge in [-0.05, 0) is 67.4 Å². The molecule has 0 saturated carbocycles. The van der Waals surface area contributed by atoms with Crippen LogP contribution in [0.1, 0.15) is 22.3 Å². The highest BCUT2D eigenvalue weighted by atomic mass is 32.2. The lowest BCUT2D eigenvalue weighted by atomic mass is 10.1. The van der Waals surface area contributed by atoms with Crippen LogP contribution in [0.4, 0.5) is 10.5 Å². The van der Waals surface area contributed by atoms with Gasteiger partial charge in [0.2, 0.25) is 5.91 Å². The van der Waals surface area contributed by atoms with E-state index in [-0.39, 0.29) is 16.4 Å². The predicted molar refractivity (Wildman–Crippen MR) is 112 cm³/mol. The Bertz CT molecular complexity index is 1040. The molecule has 8 heteroatoms. The molecule has 1 heterocycles. The summed E-state index contributed by atoms with van der Waals surface area (Å²) in [7, 11) is 0. The third-order valence-corrected chi connectivity index (χ3v) is 5.32. The van der Waals surface area contributed by atoms with E-state index in [0.717, 1.165) is 33.4 Å². The van der Waals surface area contributed by atoms with Gasteiger partial charge < -0.3 is 15.5 Å². The summed E-state index contributed by atoms with van der Waals surface area (Å²) >= 11 is 0.718. The molecule has 0 aromatic heterocycles. The second kappa shape index (κ2) is 8.00. The Hall–Kier alpha value is -3.26. The minimum atomic E-state index is -0.583. The molecule has 7 nitrogen and oxygen atoms in total. The van der Waals surface area contributed by atoms with Crippen LogP contribution in [-0.4, -0.2) is 38.7 Å². The van der Waals surface area contributed by atoms with Crippen molar-refractivity contribution in [3.63, 3.8) is 0 Å². The summed E-state index contributed by atoms with van der Waals surface area (Å²) in [5, 5.41) is 21.2. The molecule has 0 bridgehead atoms. The van der Waals surface area contributed by atoms with Crippen LogP contribution in [-0.2, 0) is 9.59 Å². The van der Waals surface area contributed by atoms with Gasteiger partial charge in [-0.3, -0.25) is 19.3 Å². The molecular weight excluding hydrogens is 392 g/mol. The van der Waals surface area contributed by atoms with Crippen LogP contribution in [0.15, 0.2) is 35.2 Å². The van der Waals surface area contributed by atoms with Crippen LogP contribution < -0.4 is 5.32 Å². The Kier molecular flexibility index (Phi) is 5.65. The molecule has 29 heavy (non-hydrogen) atoms. The van der Waals surface area contributed by atoms with Crippen LogP contribution >= 0.6 is 11.8 Å². The molecule has 0 radical (unpaired) electrons. The average molecular weight is 412 g/mol. The molecule has 2 aromatic rings. The number of phenolic OH excluding ortho intramolecular Hbond substituents is 2. The lowest BCUT2D eigenvalue weighted by molar-refractivity contribution is -0.127. The van der Waals surface area contributed by atoms with E-state index in [2.05, 4.69) is 5.32 Å². The number of carbonyl (C=O) groups excluding carboxylic acids is 3. The smallest absolute Gasteiger partial charge is 0.294 e. The van der Waals surface area contributed by atoms with Gasteiger partial charge in [0.15, 0.2) is 11.5 Å². The molecule has 0 aliphatic carbocycles. The van der Waals surface area contributed by atoms with Gasteiger partial charge >= 0.3 is 0 Å². The number of hydrogen-bond donors (Lipinski definition) is 3. The number of imide groups is 1. The van der Waals surface area contributed by atoms with Crippen molar-refractivity contribution >= 4 is 40.6 Å². The Labute approximate surface area is 172 Å². The largest absolute Gasteiger partial charge is 0.504 e. The maximum atomic E-state index is 12.6. The second-order valence-corrected chi connectivity index (χ2v) is 7.83. The fraction of sp³-hybridized carbons (Fsp3) is 0.190. The first-order chi connectivity index (χ1) is 13.7. The number of carbonyl (C=O) groups is 3. The average Bonchev–Trinajstić information content (AvgIpc) is 2.88. The first-order valence-electron chi connectivity index (χ1n) is 8.80. The Morgan fingerprint density at radius 3 is 2.34 bits per heavy atom. The van der Waals surface area contributed by atoms with Crippen molar-refractivity contribution in [2.45, 2.75) is 20.8 Å². The second-order valence-electron chi connectivity index (χ2n) is 6.84. The molecule has 2 aromatic carbocycles. The van der Waals surface area contributed by atoms with Crippen LogP contribution in [0.2, 0.25) is 0 Å². The molecule has 1 fully saturated rings. The van der Waals surface area contributed by atoms with Crippen molar-refractivity contribution in [3.8, 4) is 11.5 Å². The van der Waals surface area contributed by atoms with Crippen molar-refractivity contribution in [2.75, 3.05) is 11.9 Å². The van der Waals surface area contributed by atoms with Gasteiger partial charge in [0.05, 0.1) is 4.91 Å². The van der Waals surface area contributed by atoms with Crippen LogP contribution in [0.5, 0.6) is 11.5 Å². The van der Waals surface area contributed by atoms with Gasteiger partial charge in [0.1, 0.15) is 6.54 Å². The number of thioether (sulfide) groups is 1. The number of nitrogens with zero attached hydrogens (tertiary/aromatic N) is 1. The summed E-state index contributed by atoms with van der Waals surface area (Å²) in [6, 6.07) is 7.94. The van der Waals surface area contributed by atoms with Crippen LogP contribution in [0, 0.1) is 20.8 Å². The topological polar surface area (TPSA) is 107 Å². The minimum Gasteiger partial charge on any atom is -0.504 e. The number of nitrogens with one attached hydrogen (secondary N) is 1. The van der Waals surface area contributed by atoms with E-state index in [1.807, 2.05) is 32.9 Å². The van der Waals surface area contributed by atoms with Crippen LogP contribution in [0.25, 0.3) is 6.08 Å². The molecule has 1 aliphatic heterocycles. The molecular formula is C21H20N2O5S. The fourth-order valence-corrected chi connectivity index (χ4v) is 3.96. The van der Waals surface area contributed by atoms with Crippen molar-refractivity contribution in [1.29, 1.82) is 0 Å². The zero-order valence-electron chi connectivity index (χ0n) is 16.1. The van der Waals surface area contributed by atoms with Crippen molar-refractivity contribution < 1.29 is 24.6 Å². The number of hydrogen-bond acceptors (Lipinski definition) is 6. The van der Waals surface area contributed by atoms with Crippen molar-refractivity contribution in [3.05, 3.63) is 57.5 Å². The summed E-state index contributed by atoms with van der Waals surface area (Å²) in [5.41, 5.74) is 3.99. The highest BCUT2D eigenvalue weighted by molar-refractivity contribution is 8.18. The predicted octanol–water partition coefficient (Wildman–Crippen LogP) is 3.70. The highest BCUT2D eigenvalue weighted by Gasteiger charge is 2.36. The SMILES string of the molecule is Cc1cc(C)c(NC(=O)CN2C(=O)S/C(=C/c3ccc(O)c(O)c3)C2=O)c(C)c1. The van der Waals surface area contributed by atoms with Crippen LogP contribution in [0.3, 0.4) is 0 Å². The summed E-state index contributed by atoms with van der Waals surface area (Å²) in [4.78, 5) is 38.3. The fourth-order valence-electron chi connectivity index (χ4n) is 3.12. The van der Waals surface area contributed by atoms with Crippen molar-refractivity contribution in [2.24, 2.45) is 0 Å². The molecule has 3 N–H and O–H groups in total. The van der Waals surface area contributed by atoms with Crippen molar-refractivity contribution in [1.82, 2.24) is 4.90 Å². The molecule has 3 rings (SSSR count). The van der Waals surface area contributed by atoms with E-state index in [1.54, 1.807) is 0 Å². The number of anilines is 1. The Morgan fingerprint density at radius 2 is 1.72 bits per heavy atom. The molecule has 1 aliphatic rings. The summed E-state index contributed by atoms with van der Waals surface area (Å²) in [6.45, 7) is 5.33. The highest BCUT2D eigenvalue weighted by Crippen LogP contribution is 2.34. The number of amides is 3. The summed E-state index contributed by atoms with van der Waals surface area (Å²) in [6.07, 6.45) is 1.43. The quantitative estimate of drug-likeness (QED) is 0.522. The van der Waals surface area contributed by atoms with E-state index in [1.165, 1.54) is 24.3 Å². The Morgan fingerprint density at radius 1 is 1.07 bits per heavy atom. The lowest BCUT2D eigenvalue weighted by Gasteiger charge is -2.15. The molecule has 0 atom stereocenters. The monoisotopic (exact) mass is 412 g/mol. The third-order valence-electron chi connectivity index (χ3n) is 4.41. The maximum Gasteiger partial charge on any atom is 0.294 e. The zero-order valence-corrected chi connectivity index (χ0v) is 17.0. The van der Waals surface area contributed by atoms with E-state index < -0.39 is 23.6 Å². The number of aromatic hydroxyl groups is 2. The molecule has 150 valence electrons. The first-order valence-corrected chi connectivity index (χ1v) is 9.62. The number of rotatable bonds is 4. The molecule has 1 saturated heterocycles. The number of phenols is 2. The maximum absolute atomic E-state index is 12.6. The normalized spacial score (nSPS) is 15.3. The standard InChI is InChI=1S/C21H20N2O5S/c1-11-6-12(2)19(13(3)7-11)22-18(26)10-23-20(27)17(29-21(23)28)9-14-4-5-15(24)16(25)8-14/h4-9,24-25H,10H2,1-3H3,(H,22,26)/b17-9+. The van der Waals surface area contributed by atoms with E-state index in [4.69, 9.17) is 0 Å². The summed E-state index contributed by atoms with van der Waals surface area (Å²) < 4.78 is 0. The van der Waals surface area contributed by atoms with Gasteiger partial charge in [-0.2, -0.15) is 0 Å². The van der Waals surface area contributed by atoms with Gasteiger partial charge in [-0.1, -0.05) is 23.8 Å².